The highest BCUT2D eigenvalue weighted by Gasteiger charge is 2.21. The summed E-state index contributed by atoms with van der Waals surface area (Å²) < 4.78 is 22.0. The Labute approximate surface area is 104 Å². The summed E-state index contributed by atoms with van der Waals surface area (Å²) in [6, 6.07) is 0.648. The summed E-state index contributed by atoms with van der Waals surface area (Å²) in [7, 11) is -2.79. The van der Waals surface area contributed by atoms with Crippen LogP contribution in [-0.4, -0.2) is 44.0 Å². The maximum atomic E-state index is 11.0. The molecule has 96 valence electrons. The van der Waals surface area contributed by atoms with Crippen molar-refractivity contribution in [2.24, 2.45) is 0 Å². The Morgan fingerprint density at radius 2 is 2.12 bits per heavy atom. The minimum atomic E-state index is -2.79. The Balaban J connectivity index is 2.21. The number of sulfone groups is 1. The molecular weight excluding hydrogens is 242 g/mol. The Kier molecular flexibility index (Phi) is 6.15. The van der Waals surface area contributed by atoms with E-state index in [4.69, 9.17) is 0 Å². The summed E-state index contributed by atoms with van der Waals surface area (Å²) in [5.74, 6) is 1.07. The lowest BCUT2D eigenvalue weighted by Crippen LogP contribution is -2.35. The van der Waals surface area contributed by atoms with Crippen molar-refractivity contribution in [3.05, 3.63) is 0 Å². The summed E-state index contributed by atoms with van der Waals surface area (Å²) in [4.78, 5) is 0. The molecule has 0 saturated heterocycles. The van der Waals surface area contributed by atoms with Crippen LogP contribution >= 0.6 is 11.8 Å². The molecule has 0 spiro atoms. The minimum absolute atomic E-state index is 0.319. The van der Waals surface area contributed by atoms with Crippen molar-refractivity contribution >= 4 is 21.6 Å². The van der Waals surface area contributed by atoms with E-state index in [1.807, 2.05) is 11.8 Å². The molecule has 1 saturated carbocycles. The predicted molar refractivity (Wildman–Crippen MR) is 71.9 cm³/mol. The first-order valence-corrected chi connectivity index (χ1v) is 9.15. The van der Waals surface area contributed by atoms with Crippen molar-refractivity contribution < 1.29 is 8.42 Å². The van der Waals surface area contributed by atoms with Gasteiger partial charge in [0.05, 0.1) is 5.75 Å². The molecular formula is C11H23NO2S2. The summed E-state index contributed by atoms with van der Waals surface area (Å²) in [5.41, 5.74) is 0. The van der Waals surface area contributed by atoms with Gasteiger partial charge >= 0.3 is 0 Å². The molecule has 0 amide bonds. The monoisotopic (exact) mass is 265 g/mol. The molecule has 0 aromatic rings. The van der Waals surface area contributed by atoms with E-state index in [9.17, 15) is 8.42 Å². The van der Waals surface area contributed by atoms with Gasteiger partial charge in [-0.2, -0.15) is 11.8 Å². The molecule has 0 aromatic heterocycles. The summed E-state index contributed by atoms with van der Waals surface area (Å²) in [6.45, 7) is 3.17. The van der Waals surface area contributed by atoms with Crippen molar-refractivity contribution in [3.63, 3.8) is 0 Å². The van der Waals surface area contributed by atoms with Crippen LogP contribution in [0.25, 0.3) is 0 Å². The van der Waals surface area contributed by atoms with E-state index >= 15 is 0 Å². The first kappa shape index (κ1) is 14.3. The van der Waals surface area contributed by atoms with Crippen molar-refractivity contribution in [2.75, 3.05) is 24.3 Å². The molecule has 2 unspecified atom stereocenters. The number of hydrogen-bond acceptors (Lipinski definition) is 4. The van der Waals surface area contributed by atoms with Crippen molar-refractivity contribution in [1.82, 2.24) is 5.32 Å². The summed E-state index contributed by atoms with van der Waals surface area (Å²) in [6.07, 6.45) is 6.31. The van der Waals surface area contributed by atoms with Crippen LogP contribution in [0.3, 0.4) is 0 Å². The highest BCUT2D eigenvalue weighted by Crippen LogP contribution is 2.28. The van der Waals surface area contributed by atoms with Crippen molar-refractivity contribution in [1.29, 1.82) is 0 Å². The second kappa shape index (κ2) is 6.87. The maximum Gasteiger partial charge on any atom is 0.148 e. The molecule has 1 N–H and O–H groups in total. The van der Waals surface area contributed by atoms with E-state index in [0.29, 0.717) is 17.0 Å². The van der Waals surface area contributed by atoms with Crippen molar-refractivity contribution in [2.45, 2.75) is 43.9 Å². The molecule has 1 fully saturated rings. The minimum Gasteiger partial charge on any atom is -0.314 e. The van der Waals surface area contributed by atoms with Gasteiger partial charge in [-0.3, -0.25) is 0 Å². The SMILES string of the molecule is CCNC1CCCC(SCCS(C)(=O)=O)C1. The molecule has 0 bridgehead atoms. The smallest absolute Gasteiger partial charge is 0.148 e. The molecule has 0 heterocycles. The molecule has 3 nitrogen and oxygen atoms in total. The van der Waals surface area contributed by atoms with Gasteiger partial charge in [-0.05, 0) is 25.8 Å². The molecule has 1 aliphatic carbocycles. The van der Waals surface area contributed by atoms with Gasteiger partial charge in [0.15, 0.2) is 0 Å². The van der Waals surface area contributed by atoms with Crippen LogP contribution in [0.5, 0.6) is 0 Å². The second-order valence-electron chi connectivity index (χ2n) is 4.54. The zero-order valence-electron chi connectivity index (χ0n) is 10.2. The fourth-order valence-corrected chi connectivity index (χ4v) is 4.77. The van der Waals surface area contributed by atoms with Gasteiger partial charge in [-0.25, -0.2) is 8.42 Å². The van der Waals surface area contributed by atoms with Crippen LogP contribution in [-0.2, 0) is 9.84 Å². The molecule has 2 atom stereocenters. The topological polar surface area (TPSA) is 46.2 Å². The van der Waals surface area contributed by atoms with E-state index in [1.165, 1.54) is 31.9 Å². The quantitative estimate of drug-likeness (QED) is 0.794. The third kappa shape index (κ3) is 6.11. The standard InChI is InChI=1S/C11H23NO2S2/c1-3-12-10-5-4-6-11(9-10)15-7-8-16(2,13)14/h10-12H,3-9H2,1-2H3. The van der Waals surface area contributed by atoms with Crippen LogP contribution < -0.4 is 5.32 Å². The van der Waals surface area contributed by atoms with Gasteiger partial charge in [-0.1, -0.05) is 13.3 Å². The van der Waals surface area contributed by atoms with Gasteiger partial charge < -0.3 is 5.32 Å². The van der Waals surface area contributed by atoms with Crippen LogP contribution in [0.2, 0.25) is 0 Å². The second-order valence-corrected chi connectivity index (χ2v) is 8.21. The fourth-order valence-electron chi connectivity index (χ4n) is 2.14. The molecule has 0 aromatic carbocycles. The van der Waals surface area contributed by atoms with Crippen LogP contribution in [0.1, 0.15) is 32.6 Å². The van der Waals surface area contributed by atoms with E-state index in [2.05, 4.69) is 12.2 Å². The largest absolute Gasteiger partial charge is 0.314 e. The number of thioether (sulfide) groups is 1. The Bertz CT molecular complexity index is 288. The Morgan fingerprint density at radius 3 is 2.75 bits per heavy atom. The van der Waals surface area contributed by atoms with E-state index < -0.39 is 9.84 Å². The average Bonchev–Trinajstić information content (AvgIpc) is 2.17. The first-order chi connectivity index (χ1) is 7.51. The summed E-state index contributed by atoms with van der Waals surface area (Å²) in [5, 5.41) is 4.14. The Hall–Kier alpha value is 0.260. The van der Waals surface area contributed by atoms with Gasteiger partial charge in [0.2, 0.25) is 0 Å². The van der Waals surface area contributed by atoms with E-state index in [1.54, 1.807) is 0 Å². The van der Waals surface area contributed by atoms with Crippen LogP contribution in [0.15, 0.2) is 0 Å². The number of hydrogen-bond donors (Lipinski definition) is 1. The van der Waals surface area contributed by atoms with Crippen molar-refractivity contribution in [3.8, 4) is 0 Å². The third-order valence-electron chi connectivity index (χ3n) is 2.93. The van der Waals surface area contributed by atoms with Crippen LogP contribution in [0, 0.1) is 0 Å². The van der Waals surface area contributed by atoms with E-state index in [-0.39, 0.29) is 0 Å². The maximum absolute atomic E-state index is 11.0. The number of nitrogens with one attached hydrogen (secondary N) is 1. The first-order valence-electron chi connectivity index (χ1n) is 6.04. The lowest BCUT2D eigenvalue weighted by atomic mass is 9.95. The highest BCUT2D eigenvalue weighted by atomic mass is 32.2. The van der Waals surface area contributed by atoms with Gasteiger partial charge in [0, 0.05) is 23.3 Å². The Morgan fingerprint density at radius 1 is 1.38 bits per heavy atom. The predicted octanol–water partition coefficient (Wildman–Crippen LogP) is 1.68. The lowest BCUT2D eigenvalue weighted by molar-refractivity contribution is 0.388. The molecule has 1 aliphatic rings. The summed E-state index contributed by atoms with van der Waals surface area (Å²) >= 11 is 1.83. The average molecular weight is 265 g/mol. The van der Waals surface area contributed by atoms with Crippen LogP contribution in [0.4, 0.5) is 0 Å². The fraction of sp³-hybridized carbons (Fsp3) is 1.00. The zero-order chi connectivity index (χ0) is 12.0. The van der Waals surface area contributed by atoms with E-state index in [0.717, 1.165) is 12.3 Å². The zero-order valence-corrected chi connectivity index (χ0v) is 11.9. The molecule has 0 radical (unpaired) electrons. The molecule has 16 heavy (non-hydrogen) atoms. The van der Waals surface area contributed by atoms with Gasteiger partial charge in [-0.15, -0.1) is 0 Å². The highest BCUT2D eigenvalue weighted by molar-refractivity contribution is 8.01. The molecule has 1 rings (SSSR count). The van der Waals surface area contributed by atoms with Gasteiger partial charge in [0.1, 0.15) is 9.84 Å². The number of rotatable bonds is 6. The lowest BCUT2D eigenvalue weighted by Gasteiger charge is -2.29. The third-order valence-corrected chi connectivity index (χ3v) is 5.47. The van der Waals surface area contributed by atoms with Gasteiger partial charge in [0.25, 0.3) is 0 Å². The molecule has 5 heteroatoms. The molecule has 0 aliphatic heterocycles. The normalized spacial score (nSPS) is 26.9.